The number of rotatable bonds is 10. The summed E-state index contributed by atoms with van der Waals surface area (Å²) in [5, 5.41) is 0. The molecule has 0 radical (unpaired) electrons. The fourth-order valence-electron chi connectivity index (χ4n) is 1.65. The molecule has 18 heavy (non-hydrogen) atoms. The first-order valence-electron chi connectivity index (χ1n) is 6.11. The number of carbonyl (C=O) groups excluding carboxylic acids is 1. The van der Waals surface area contributed by atoms with Gasteiger partial charge in [-0.3, -0.25) is 4.79 Å². The number of amides is 1. The molecule has 2 atom stereocenters. The standard InChI is InChI=1S/C12H26N2O3S/c1-10(9-17-3)14(6-7-16-2)12(15)11(13)5-8-18-4/h10-11H,5-9,13H2,1-4H3/t10?,11-/m1/s1. The normalized spacial score (nSPS) is 14.3. The average Bonchev–Trinajstić information content (AvgIpc) is 2.36. The number of nitrogens with two attached hydrogens (primary N) is 1. The predicted molar refractivity (Wildman–Crippen MR) is 75.9 cm³/mol. The van der Waals surface area contributed by atoms with Crippen molar-refractivity contribution < 1.29 is 14.3 Å². The van der Waals surface area contributed by atoms with E-state index in [1.54, 1.807) is 30.9 Å². The Morgan fingerprint density at radius 1 is 1.39 bits per heavy atom. The first-order chi connectivity index (χ1) is 8.58. The first-order valence-corrected chi connectivity index (χ1v) is 7.50. The minimum absolute atomic E-state index is 0.0120. The lowest BCUT2D eigenvalue weighted by Crippen LogP contribution is -2.50. The molecule has 108 valence electrons. The van der Waals surface area contributed by atoms with Gasteiger partial charge in [-0.15, -0.1) is 0 Å². The summed E-state index contributed by atoms with van der Waals surface area (Å²) in [5.74, 6) is 0.870. The topological polar surface area (TPSA) is 64.8 Å². The molecule has 0 aliphatic rings. The van der Waals surface area contributed by atoms with Crippen LogP contribution in [0, 0.1) is 0 Å². The van der Waals surface area contributed by atoms with Gasteiger partial charge in [0, 0.05) is 20.8 Å². The van der Waals surface area contributed by atoms with E-state index < -0.39 is 6.04 Å². The molecule has 0 heterocycles. The van der Waals surface area contributed by atoms with Crippen LogP contribution in [0.3, 0.4) is 0 Å². The summed E-state index contributed by atoms with van der Waals surface area (Å²) >= 11 is 1.70. The molecule has 0 aliphatic heterocycles. The van der Waals surface area contributed by atoms with Crippen LogP contribution in [0.15, 0.2) is 0 Å². The molecule has 6 heteroatoms. The molecule has 1 unspecified atom stereocenters. The molecular weight excluding hydrogens is 252 g/mol. The molecule has 0 saturated heterocycles. The monoisotopic (exact) mass is 278 g/mol. The van der Waals surface area contributed by atoms with E-state index in [0.29, 0.717) is 26.2 Å². The molecule has 0 fully saturated rings. The third-order valence-corrected chi connectivity index (χ3v) is 3.35. The van der Waals surface area contributed by atoms with Gasteiger partial charge in [0.15, 0.2) is 0 Å². The van der Waals surface area contributed by atoms with E-state index in [-0.39, 0.29) is 11.9 Å². The van der Waals surface area contributed by atoms with Crippen molar-refractivity contribution in [3.05, 3.63) is 0 Å². The minimum atomic E-state index is -0.436. The number of nitrogens with zero attached hydrogens (tertiary/aromatic N) is 1. The smallest absolute Gasteiger partial charge is 0.239 e. The Kier molecular flexibility index (Phi) is 10.4. The van der Waals surface area contributed by atoms with Crippen LogP contribution in [0.2, 0.25) is 0 Å². The highest BCUT2D eigenvalue weighted by molar-refractivity contribution is 7.98. The summed E-state index contributed by atoms with van der Waals surface area (Å²) in [5.41, 5.74) is 5.92. The maximum absolute atomic E-state index is 12.3. The zero-order valence-corrected chi connectivity index (χ0v) is 12.7. The zero-order valence-electron chi connectivity index (χ0n) is 11.8. The lowest BCUT2D eigenvalue weighted by Gasteiger charge is -2.30. The van der Waals surface area contributed by atoms with E-state index >= 15 is 0 Å². The molecule has 5 nitrogen and oxygen atoms in total. The second-order valence-corrected chi connectivity index (χ2v) is 5.20. The van der Waals surface area contributed by atoms with Gasteiger partial charge in [-0.25, -0.2) is 0 Å². The average molecular weight is 278 g/mol. The molecule has 0 aliphatic carbocycles. The van der Waals surface area contributed by atoms with Crippen LogP contribution in [0.25, 0.3) is 0 Å². The van der Waals surface area contributed by atoms with Gasteiger partial charge >= 0.3 is 0 Å². The summed E-state index contributed by atoms with van der Waals surface area (Å²) in [6, 6.07) is -0.424. The fourth-order valence-corrected chi connectivity index (χ4v) is 2.14. The predicted octanol–water partition coefficient (Wildman–Crippen LogP) is 0.577. The summed E-state index contributed by atoms with van der Waals surface area (Å²) in [4.78, 5) is 14.0. The van der Waals surface area contributed by atoms with Gasteiger partial charge in [-0.1, -0.05) is 0 Å². The number of methoxy groups -OCH3 is 2. The first kappa shape index (κ1) is 17.7. The van der Waals surface area contributed by atoms with Gasteiger partial charge < -0.3 is 20.1 Å². The Bertz CT molecular complexity index is 229. The SMILES string of the molecule is COCCN(C(=O)[C@H](N)CCSC)C(C)COC. The van der Waals surface area contributed by atoms with Crippen LogP contribution in [0.5, 0.6) is 0 Å². The summed E-state index contributed by atoms with van der Waals surface area (Å²) < 4.78 is 10.1. The van der Waals surface area contributed by atoms with E-state index in [2.05, 4.69) is 0 Å². The largest absolute Gasteiger partial charge is 0.383 e. The van der Waals surface area contributed by atoms with Crippen LogP contribution < -0.4 is 5.73 Å². The van der Waals surface area contributed by atoms with Crippen molar-refractivity contribution in [3.63, 3.8) is 0 Å². The van der Waals surface area contributed by atoms with Gasteiger partial charge in [-0.05, 0) is 25.4 Å². The van der Waals surface area contributed by atoms with Crippen LogP contribution >= 0.6 is 11.8 Å². The molecule has 2 N–H and O–H groups in total. The molecule has 0 saturated carbocycles. The van der Waals surface area contributed by atoms with E-state index in [4.69, 9.17) is 15.2 Å². The third-order valence-electron chi connectivity index (χ3n) is 2.71. The van der Waals surface area contributed by atoms with E-state index in [0.717, 1.165) is 5.75 Å². The zero-order chi connectivity index (χ0) is 14.0. The van der Waals surface area contributed by atoms with Gasteiger partial charge in [0.1, 0.15) is 0 Å². The van der Waals surface area contributed by atoms with Crippen LogP contribution in [0.1, 0.15) is 13.3 Å². The third kappa shape index (κ3) is 6.58. The van der Waals surface area contributed by atoms with Crippen molar-refractivity contribution >= 4 is 17.7 Å². The van der Waals surface area contributed by atoms with Crippen LogP contribution in [0.4, 0.5) is 0 Å². The number of thioether (sulfide) groups is 1. The number of hydrogen-bond donors (Lipinski definition) is 1. The second-order valence-electron chi connectivity index (χ2n) is 4.22. The molecule has 0 spiro atoms. The molecule has 0 aromatic heterocycles. The van der Waals surface area contributed by atoms with Crippen LogP contribution in [-0.4, -0.2) is 68.9 Å². The summed E-state index contributed by atoms with van der Waals surface area (Å²) in [6.45, 7) is 3.52. The molecule has 0 aromatic rings. The lowest BCUT2D eigenvalue weighted by atomic mass is 10.1. The highest BCUT2D eigenvalue weighted by Gasteiger charge is 2.24. The van der Waals surface area contributed by atoms with Gasteiger partial charge in [0.25, 0.3) is 0 Å². The maximum atomic E-state index is 12.3. The van der Waals surface area contributed by atoms with Crippen molar-refractivity contribution in [2.75, 3.05) is 46.0 Å². The quantitative estimate of drug-likeness (QED) is 0.633. The van der Waals surface area contributed by atoms with E-state index in [1.807, 2.05) is 13.2 Å². The van der Waals surface area contributed by atoms with Crippen molar-refractivity contribution in [2.45, 2.75) is 25.4 Å². The van der Waals surface area contributed by atoms with Gasteiger partial charge in [0.05, 0.1) is 25.3 Å². The number of hydrogen-bond acceptors (Lipinski definition) is 5. The Morgan fingerprint density at radius 2 is 2.06 bits per heavy atom. The molecule has 1 amide bonds. The fraction of sp³-hybridized carbons (Fsp3) is 0.917. The maximum Gasteiger partial charge on any atom is 0.239 e. The Balaban J connectivity index is 4.46. The molecule has 0 aromatic carbocycles. The number of ether oxygens (including phenoxy) is 2. The Hall–Kier alpha value is -0.300. The van der Waals surface area contributed by atoms with Crippen molar-refractivity contribution in [3.8, 4) is 0 Å². The molecule has 0 bridgehead atoms. The molecule has 0 rings (SSSR count). The number of carbonyl (C=O) groups is 1. The van der Waals surface area contributed by atoms with Crippen LogP contribution in [-0.2, 0) is 14.3 Å². The Labute approximate surface area is 114 Å². The summed E-state index contributed by atoms with van der Waals surface area (Å²) in [7, 11) is 3.25. The Morgan fingerprint density at radius 3 is 2.56 bits per heavy atom. The van der Waals surface area contributed by atoms with Crippen molar-refractivity contribution in [1.82, 2.24) is 4.90 Å². The highest BCUT2D eigenvalue weighted by Crippen LogP contribution is 2.07. The van der Waals surface area contributed by atoms with Crippen molar-refractivity contribution in [1.29, 1.82) is 0 Å². The highest BCUT2D eigenvalue weighted by atomic mass is 32.2. The van der Waals surface area contributed by atoms with E-state index in [1.165, 1.54) is 0 Å². The van der Waals surface area contributed by atoms with Crippen molar-refractivity contribution in [2.24, 2.45) is 5.73 Å². The summed E-state index contributed by atoms with van der Waals surface area (Å²) in [6.07, 6.45) is 2.70. The van der Waals surface area contributed by atoms with Gasteiger partial charge in [0.2, 0.25) is 5.91 Å². The van der Waals surface area contributed by atoms with E-state index in [9.17, 15) is 4.79 Å². The molecular formula is C12H26N2O3S. The minimum Gasteiger partial charge on any atom is -0.383 e. The van der Waals surface area contributed by atoms with Gasteiger partial charge in [-0.2, -0.15) is 11.8 Å². The second kappa shape index (κ2) is 10.6. The lowest BCUT2D eigenvalue weighted by molar-refractivity contribution is -0.136.